The number of halogens is 1. The van der Waals surface area contributed by atoms with Crippen LogP contribution in [0.1, 0.15) is 44.1 Å². The number of carbonyl (C=O) groups excluding carboxylic acids is 2. The van der Waals surface area contributed by atoms with Crippen LogP contribution in [-0.2, 0) is 15.3 Å². The Hall–Kier alpha value is -1.60. The average molecular weight is 380 g/mol. The van der Waals surface area contributed by atoms with Crippen LogP contribution in [0.25, 0.3) is 0 Å². The Kier molecular flexibility index (Phi) is 6.91. The van der Waals surface area contributed by atoms with Gasteiger partial charge in [0.25, 0.3) is 0 Å². The van der Waals surface area contributed by atoms with E-state index in [1.54, 1.807) is 18.2 Å². The molecule has 2 N–H and O–H groups in total. The number of thioether (sulfide) groups is 1. The number of benzene rings is 1. The molecule has 2 unspecified atom stereocenters. The smallest absolute Gasteiger partial charge is 0.224 e. The van der Waals surface area contributed by atoms with Gasteiger partial charge in [-0.15, -0.1) is 11.8 Å². The molecule has 0 aliphatic carbocycles. The largest absolute Gasteiger partial charge is 0.343 e. The van der Waals surface area contributed by atoms with Crippen molar-refractivity contribution in [1.82, 2.24) is 15.5 Å². The summed E-state index contributed by atoms with van der Waals surface area (Å²) in [6.07, 6.45) is 5.13. The minimum absolute atomic E-state index is 0.0662. The highest BCUT2D eigenvalue weighted by Gasteiger charge is 2.29. The summed E-state index contributed by atoms with van der Waals surface area (Å²) in [4.78, 5) is 26.5. The fourth-order valence-electron chi connectivity index (χ4n) is 3.41. The number of nitrogens with zero attached hydrogens (tertiary/aromatic N) is 1. The fourth-order valence-corrected chi connectivity index (χ4v) is 4.50. The highest BCUT2D eigenvalue weighted by Crippen LogP contribution is 2.21. The Morgan fingerprint density at radius 1 is 1.19 bits per heavy atom. The quantitative estimate of drug-likeness (QED) is 0.826. The van der Waals surface area contributed by atoms with Crippen molar-refractivity contribution in [3.8, 4) is 0 Å². The van der Waals surface area contributed by atoms with E-state index in [9.17, 15) is 14.0 Å². The molecule has 1 aromatic rings. The standard InChI is InChI=1S/C19H26FN3O2S/c20-16-8-4-3-7-14(16)13-26-19-21-15(11-17(24)22-19)12-18(25)23-9-5-1-2-6-10-23/h3-4,7-8,15,19,21H,1-2,5-6,9-13H2,(H,22,24). The number of carbonyl (C=O) groups is 2. The zero-order valence-corrected chi connectivity index (χ0v) is 15.7. The first kappa shape index (κ1) is 19.2. The molecule has 2 fully saturated rings. The van der Waals surface area contributed by atoms with Crippen molar-refractivity contribution < 1.29 is 14.0 Å². The minimum Gasteiger partial charge on any atom is -0.343 e. The topological polar surface area (TPSA) is 61.4 Å². The van der Waals surface area contributed by atoms with Gasteiger partial charge in [-0.2, -0.15) is 0 Å². The lowest BCUT2D eigenvalue weighted by atomic mass is 10.1. The minimum atomic E-state index is -0.308. The molecule has 0 saturated carbocycles. The molecule has 2 heterocycles. The van der Waals surface area contributed by atoms with Crippen LogP contribution in [0.4, 0.5) is 4.39 Å². The molecular formula is C19H26FN3O2S. The number of nitrogens with one attached hydrogen (secondary N) is 2. The van der Waals surface area contributed by atoms with Crippen molar-refractivity contribution in [3.05, 3.63) is 35.6 Å². The van der Waals surface area contributed by atoms with Gasteiger partial charge < -0.3 is 10.2 Å². The summed E-state index contributed by atoms with van der Waals surface area (Å²) < 4.78 is 13.7. The van der Waals surface area contributed by atoms with E-state index in [0.29, 0.717) is 24.2 Å². The predicted molar refractivity (Wildman–Crippen MR) is 101 cm³/mol. The summed E-state index contributed by atoms with van der Waals surface area (Å²) in [6, 6.07) is 6.47. The molecule has 0 aromatic heterocycles. The van der Waals surface area contributed by atoms with Crippen molar-refractivity contribution in [2.45, 2.75) is 55.8 Å². The third-order valence-corrected chi connectivity index (χ3v) is 5.92. The van der Waals surface area contributed by atoms with Crippen LogP contribution in [0.2, 0.25) is 0 Å². The summed E-state index contributed by atoms with van der Waals surface area (Å²) in [5, 5.41) is 6.18. The first-order valence-corrected chi connectivity index (χ1v) is 10.3. The Bertz CT molecular complexity index is 635. The molecule has 2 atom stereocenters. The van der Waals surface area contributed by atoms with E-state index >= 15 is 0 Å². The first-order chi connectivity index (χ1) is 12.6. The van der Waals surface area contributed by atoms with Gasteiger partial charge in [0.05, 0.1) is 0 Å². The van der Waals surface area contributed by atoms with Gasteiger partial charge in [0, 0.05) is 37.7 Å². The third kappa shape index (κ3) is 5.45. The second-order valence-electron chi connectivity index (χ2n) is 6.92. The normalized spacial score (nSPS) is 24.0. The lowest BCUT2D eigenvalue weighted by molar-refractivity contribution is -0.132. The fraction of sp³-hybridized carbons (Fsp3) is 0.579. The van der Waals surface area contributed by atoms with Crippen LogP contribution in [-0.4, -0.2) is 41.3 Å². The van der Waals surface area contributed by atoms with Crippen LogP contribution < -0.4 is 10.6 Å². The highest BCUT2D eigenvalue weighted by atomic mass is 32.2. The van der Waals surface area contributed by atoms with E-state index in [0.717, 1.165) is 25.9 Å². The van der Waals surface area contributed by atoms with Crippen molar-refractivity contribution in [2.24, 2.45) is 0 Å². The molecule has 3 rings (SSSR count). The molecule has 2 aliphatic heterocycles. The number of amides is 2. The zero-order valence-electron chi connectivity index (χ0n) is 14.9. The van der Waals surface area contributed by atoms with E-state index in [1.807, 2.05) is 4.90 Å². The molecule has 2 saturated heterocycles. The van der Waals surface area contributed by atoms with Crippen LogP contribution in [0.3, 0.4) is 0 Å². The Morgan fingerprint density at radius 2 is 1.92 bits per heavy atom. The second kappa shape index (κ2) is 9.37. The molecule has 0 radical (unpaired) electrons. The Labute approximate surface area is 158 Å². The highest BCUT2D eigenvalue weighted by molar-refractivity contribution is 7.99. The maximum absolute atomic E-state index is 13.7. The summed E-state index contributed by atoms with van der Waals surface area (Å²) in [6.45, 7) is 1.65. The summed E-state index contributed by atoms with van der Waals surface area (Å²) in [7, 11) is 0. The molecule has 2 amide bonds. The van der Waals surface area contributed by atoms with Crippen LogP contribution in [0.5, 0.6) is 0 Å². The second-order valence-corrected chi connectivity index (χ2v) is 8.01. The van der Waals surface area contributed by atoms with Crippen LogP contribution in [0.15, 0.2) is 24.3 Å². The molecule has 7 heteroatoms. The zero-order chi connectivity index (χ0) is 18.4. The van der Waals surface area contributed by atoms with Crippen molar-refractivity contribution in [2.75, 3.05) is 13.1 Å². The summed E-state index contributed by atoms with van der Waals surface area (Å²) in [5.41, 5.74) is 0.300. The number of likely N-dealkylation sites (tertiary alicyclic amines) is 1. The molecule has 5 nitrogen and oxygen atoms in total. The van der Waals surface area contributed by atoms with E-state index in [-0.39, 0.29) is 29.2 Å². The van der Waals surface area contributed by atoms with Crippen LogP contribution in [0, 0.1) is 5.82 Å². The lowest BCUT2D eigenvalue weighted by Gasteiger charge is -2.32. The lowest BCUT2D eigenvalue weighted by Crippen LogP contribution is -2.55. The molecule has 0 bridgehead atoms. The van der Waals surface area contributed by atoms with Gasteiger partial charge in [-0.3, -0.25) is 14.9 Å². The van der Waals surface area contributed by atoms with Gasteiger partial charge in [0.1, 0.15) is 11.3 Å². The van der Waals surface area contributed by atoms with Gasteiger partial charge in [-0.25, -0.2) is 4.39 Å². The number of hydrogen-bond acceptors (Lipinski definition) is 4. The molecular weight excluding hydrogens is 353 g/mol. The Balaban J connectivity index is 1.51. The third-order valence-electron chi connectivity index (χ3n) is 4.85. The Morgan fingerprint density at radius 3 is 2.65 bits per heavy atom. The van der Waals surface area contributed by atoms with Gasteiger partial charge in [0.2, 0.25) is 11.8 Å². The number of rotatable bonds is 5. The van der Waals surface area contributed by atoms with Gasteiger partial charge in [0.15, 0.2) is 0 Å². The van der Waals surface area contributed by atoms with Crippen molar-refractivity contribution in [1.29, 1.82) is 0 Å². The maximum atomic E-state index is 13.7. The van der Waals surface area contributed by atoms with Crippen LogP contribution >= 0.6 is 11.8 Å². The van der Waals surface area contributed by atoms with Gasteiger partial charge in [-0.05, 0) is 24.5 Å². The molecule has 2 aliphatic rings. The van der Waals surface area contributed by atoms with Crippen molar-refractivity contribution in [3.63, 3.8) is 0 Å². The molecule has 142 valence electrons. The summed E-state index contributed by atoms with van der Waals surface area (Å²) >= 11 is 1.43. The first-order valence-electron chi connectivity index (χ1n) is 9.30. The molecule has 0 spiro atoms. The number of hydrogen-bond donors (Lipinski definition) is 2. The van der Waals surface area contributed by atoms with E-state index in [2.05, 4.69) is 10.6 Å². The van der Waals surface area contributed by atoms with E-state index < -0.39 is 0 Å². The average Bonchev–Trinajstić information content (AvgIpc) is 2.90. The van der Waals surface area contributed by atoms with E-state index in [4.69, 9.17) is 0 Å². The van der Waals surface area contributed by atoms with Gasteiger partial charge in [-0.1, -0.05) is 31.0 Å². The molecule has 26 heavy (non-hydrogen) atoms. The van der Waals surface area contributed by atoms with Crippen molar-refractivity contribution >= 4 is 23.6 Å². The van der Waals surface area contributed by atoms with E-state index in [1.165, 1.54) is 30.7 Å². The predicted octanol–water partition coefficient (Wildman–Crippen LogP) is 2.61. The monoisotopic (exact) mass is 379 g/mol. The SMILES string of the molecule is O=C1CC(CC(=O)N2CCCCCC2)NC(SCc2ccccc2F)N1. The van der Waals surface area contributed by atoms with Gasteiger partial charge >= 0.3 is 0 Å². The maximum Gasteiger partial charge on any atom is 0.224 e. The molecule has 1 aromatic carbocycles. The summed E-state index contributed by atoms with van der Waals surface area (Å²) in [5.74, 6) is 0.271.